The Morgan fingerprint density at radius 1 is 0.375 bits per heavy atom. The van der Waals surface area contributed by atoms with Gasteiger partial charge in [-0.1, -0.05) is 84.9 Å². The van der Waals surface area contributed by atoms with Crippen LogP contribution in [0.4, 0.5) is 0 Å². The molecule has 0 aliphatic carbocycles. The second-order valence-electron chi connectivity index (χ2n) is 14.4. The molecule has 0 N–H and O–H groups in total. The van der Waals surface area contributed by atoms with Crippen molar-refractivity contribution in [1.82, 2.24) is 9.13 Å². The van der Waals surface area contributed by atoms with Gasteiger partial charge in [0.15, 0.2) is 0 Å². The number of rotatable bonds is 5. The molecular formula is C51H30N4S. The maximum Gasteiger partial charge on any atom is 0.0991 e. The fourth-order valence-electron chi connectivity index (χ4n) is 8.77. The summed E-state index contributed by atoms with van der Waals surface area (Å²) in [5.41, 5.74) is 11.5. The van der Waals surface area contributed by atoms with Crippen LogP contribution in [0.2, 0.25) is 0 Å². The Balaban J connectivity index is 1.07. The SMILES string of the molecule is N#Cc1ccc2c(c1)c1ccccc1n2-c1ccc(C(c2ccc(-n3c4ccccc4c4cc(C#N)ccc43)cc2)c2ccc3sc4ccccc4c3c2)cc1. The normalized spacial score (nSPS) is 11.7. The zero-order valence-electron chi connectivity index (χ0n) is 30.0. The van der Waals surface area contributed by atoms with Crippen molar-refractivity contribution in [2.24, 2.45) is 0 Å². The van der Waals surface area contributed by atoms with Crippen molar-refractivity contribution in [3.63, 3.8) is 0 Å². The number of para-hydroxylation sites is 2. The number of benzene rings is 8. The predicted octanol–water partition coefficient (Wildman–Crippen LogP) is 13.2. The van der Waals surface area contributed by atoms with Crippen molar-refractivity contribution in [3.05, 3.63) is 204 Å². The van der Waals surface area contributed by atoms with Gasteiger partial charge in [-0.15, -0.1) is 11.3 Å². The van der Waals surface area contributed by atoms with Gasteiger partial charge in [0, 0.05) is 59.0 Å². The summed E-state index contributed by atoms with van der Waals surface area (Å²) in [4.78, 5) is 0. The van der Waals surface area contributed by atoms with Crippen LogP contribution < -0.4 is 0 Å². The minimum absolute atomic E-state index is 0.0196. The third kappa shape index (κ3) is 4.89. The smallest absolute Gasteiger partial charge is 0.0991 e. The molecule has 8 aromatic carbocycles. The van der Waals surface area contributed by atoms with E-state index in [9.17, 15) is 10.5 Å². The molecule has 0 aliphatic heterocycles. The van der Waals surface area contributed by atoms with Gasteiger partial charge in [-0.3, -0.25) is 0 Å². The van der Waals surface area contributed by atoms with Gasteiger partial charge in [0.25, 0.3) is 0 Å². The van der Waals surface area contributed by atoms with Gasteiger partial charge < -0.3 is 9.13 Å². The maximum atomic E-state index is 9.66. The highest BCUT2D eigenvalue weighted by atomic mass is 32.1. The lowest BCUT2D eigenvalue weighted by atomic mass is 9.84. The molecule has 11 aromatic rings. The van der Waals surface area contributed by atoms with Gasteiger partial charge in [0.2, 0.25) is 0 Å². The molecule has 56 heavy (non-hydrogen) atoms. The number of fused-ring (bicyclic) bond motifs is 9. The molecule has 0 bridgehead atoms. The summed E-state index contributed by atoms with van der Waals surface area (Å²) < 4.78 is 7.19. The molecule has 4 nitrogen and oxygen atoms in total. The van der Waals surface area contributed by atoms with Crippen molar-refractivity contribution in [1.29, 1.82) is 10.5 Å². The molecule has 0 saturated carbocycles. The van der Waals surface area contributed by atoms with Crippen LogP contribution in [0.1, 0.15) is 33.7 Å². The molecule has 0 radical (unpaired) electrons. The van der Waals surface area contributed by atoms with Gasteiger partial charge in [0.1, 0.15) is 0 Å². The van der Waals surface area contributed by atoms with Crippen molar-refractivity contribution in [3.8, 4) is 23.5 Å². The summed E-state index contributed by atoms with van der Waals surface area (Å²) in [5, 5.41) is 26.3. The number of nitriles is 2. The number of hydrogen-bond acceptors (Lipinski definition) is 3. The lowest BCUT2D eigenvalue weighted by Gasteiger charge is -2.21. The minimum Gasteiger partial charge on any atom is -0.309 e. The zero-order valence-corrected chi connectivity index (χ0v) is 30.8. The topological polar surface area (TPSA) is 57.4 Å². The maximum absolute atomic E-state index is 9.66. The third-order valence-corrected chi connectivity index (χ3v) is 12.5. The molecule has 11 rings (SSSR count). The van der Waals surface area contributed by atoms with Crippen molar-refractivity contribution >= 4 is 75.1 Å². The highest BCUT2D eigenvalue weighted by Crippen LogP contribution is 2.41. The van der Waals surface area contributed by atoms with Crippen LogP contribution in [0, 0.1) is 22.7 Å². The second-order valence-corrected chi connectivity index (χ2v) is 15.4. The van der Waals surface area contributed by atoms with E-state index in [1.165, 1.54) is 36.9 Å². The molecular weight excluding hydrogens is 701 g/mol. The molecule has 0 aliphatic rings. The number of hydrogen-bond donors (Lipinski definition) is 0. The van der Waals surface area contributed by atoms with E-state index < -0.39 is 0 Å². The first-order valence-electron chi connectivity index (χ1n) is 18.7. The Morgan fingerprint density at radius 2 is 0.821 bits per heavy atom. The van der Waals surface area contributed by atoms with Crippen LogP contribution in [0.15, 0.2) is 176 Å². The first kappa shape index (κ1) is 32.0. The highest BCUT2D eigenvalue weighted by Gasteiger charge is 2.21. The van der Waals surface area contributed by atoms with E-state index >= 15 is 0 Å². The van der Waals surface area contributed by atoms with Crippen molar-refractivity contribution in [2.75, 3.05) is 0 Å². The summed E-state index contributed by atoms with van der Waals surface area (Å²) in [7, 11) is 0. The Bertz CT molecular complexity index is 3260. The molecule has 0 saturated heterocycles. The summed E-state index contributed by atoms with van der Waals surface area (Å²) in [6.45, 7) is 0. The Labute approximate surface area is 326 Å². The quantitative estimate of drug-likeness (QED) is 0.166. The van der Waals surface area contributed by atoms with Gasteiger partial charge in [-0.05, 0) is 108 Å². The molecule has 0 fully saturated rings. The summed E-state index contributed by atoms with van der Waals surface area (Å²) >= 11 is 1.84. The summed E-state index contributed by atoms with van der Waals surface area (Å²) in [6.07, 6.45) is 0. The lowest BCUT2D eigenvalue weighted by molar-refractivity contribution is 0.975. The van der Waals surface area contributed by atoms with E-state index in [4.69, 9.17) is 0 Å². The van der Waals surface area contributed by atoms with Crippen LogP contribution >= 0.6 is 11.3 Å². The Morgan fingerprint density at radius 3 is 1.36 bits per heavy atom. The molecule has 3 aromatic heterocycles. The molecule has 0 amide bonds. The minimum atomic E-state index is -0.0196. The van der Waals surface area contributed by atoms with E-state index in [1.807, 2.05) is 35.6 Å². The molecule has 3 heterocycles. The largest absolute Gasteiger partial charge is 0.309 e. The average molecular weight is 731 g/mol. The van der Waals surface area contributed by atoms with Gasteiger partial charge >= 0.3 is 0 Å². The Hall–Kier alpha value is -7.44. The summed E-state index contributed by atoms with van der Waals surface area (Å²) in [5.74, 6) is -0.0196. The third-order valence-electron chi connectivity index (χ3n) is 11.3. The first-order chi connectivity index (χ1) is 27.7. The lowest BCUT2D eigenvalue weighted by Crippen LogP contribution is -2.05. The fourth-order valence-corrected chi connectivity index (χ4v) is 9.86. The van der Waals surface area contributed by atoms with Gasteiger partial charge in [-0.2, -0.15) is 10.5 Å². The van der Waals surface area contributed by atoms with Gasteiger partial charge in [-0.25, -0.2) is 0 Å². The van der Waals surface area contributed by atoms with Crippen LogP contribution in [0.3, 0.4) is 0 Å². The Kier molecular flexibility index (Phi) is 7.19. The van der Waals surface area contributed by atoms with E-state index in [0.29, 0.717) is 11.1 Å². The predicted molar refractivity (Wildman–Crippen MR) is 231 cm³/mol. The van der Waals surface area contributed by atoms with E-state index in [0.717, 1.165) is 55.0 Å². The monoisotopic (exact) mass is 730 g/mol. The van der Waals surface area contributed by atoms with Gasteiger partial charge in [0.05, 0.1) is 45.3 Å². The van der Waals surface area contributed by atoms with Crippen LogP contribution in [-0.4, -0.2) is 9.13 Å². The van der Waals surface area contributed by atoms with E-state index in [-0.39, 0.29) is 5.92 Å². The van der Waals surface area contributed by atoms with Crippen LogP contribution in [0.5, 0.6) is 0 Å². The molecule has 0 unspecified atom stereocenters. The fraction of sp³-hybridized carbons (Fsp3) is 0.0196. The van der Waals surface area contributed by atoms with Crippen molar-refractivity contribution < 1.29 is 0 Å². The zero-order chi connectivity index (χ0) is 37.3. The highest BCUT2D eigenvalue weighted by molar-refractivity contribution is 7.25. The molecule has 5 heteroatoms. The molecule has 0 spiro atoms. The number of thiophene rings is 1. The summed E-state index contributed by atoms with van der Waals surface area (Å²) in [6, 6.07) is 67.0. The average Bonchev–Trinajstić information content (AvgIpc) is 3.91. The first-order valence-corrected chi connectivity index (χ1v) is 19.5. The number of aromatic nitrogens is 2. The van der Waals surface area contributed by atoms with Crippen LogP contribution in [-0.2, 0) is 0 Å². The van der Waals surface area contributed by atoms with E-state index in [1.54, 1.807) is 0 Å². The molecule has 260 valence electrons. The second kappa shape index (κ2) is 12.6. The van der Waals surface area contributed by atoms with Crippen molar-refractivity contribution in [2.45, 2.75) is 5.92 Å². The standard InChI is InChI=1S/C51H30N4S/c52-30-32-13-24-47-42(27-32)39-7-1-4-10-45(39)54(47)37-20-15-34(16-21-37)51(36-19-26-50-44(29-36)41-9-3-6-12-49(41)56-50)35-17-22-38(23-18-35)55-46-11-5-2-8-40(46)43-28-33(31-53)14-25-48(43)55/h1-29,51H. The van der Waals surface area contributed by atoms with E-state index in [2.05, 4.69) is 173 Å². The number of nitrogens with zero attached hydrogens (tertiary/aromatic N) is 4. The molecule has 0 atom stereocenters. The van der Waals surface area contributed by atoms with Crippen LogP contribution in [0.25, 0.3) is 75.2 Å².